The van der Waals surface area contributed by atoms with Crippen molar-refractivity contribution < 1.29 is 9.32 Å². The Balaban J connectivity index is 1.45. The standard InChI is InChI=1S/C21H19N5O2S/c1-12(2)14-4-10-17(11-5-14)20-24-25-21(29-20)23-18(27)15-6-8-16(9-7-15)19-22-13(3)26-28-19/h4-12H,1-3H3,(H,23,25,27). The van der Waals surface area contributed by atoms with Crippen molar-refractivity contribution in [1.29, 1.82) is 0 Å². The van der Waals surface area contributed by atoms with E-state index in [0.29, 0.717) is 28.3 Å². The van der Waals surface area contributed by atoms with Crippen LogP contribution in [0.5, 0.6) is 0 Å². The molecule has 0 spiro atoms. The number of nitrogens with zero attached hydrogens (tertiary/aromatic N) is 4. The zero-order valence-corrected chi connectivity index (χ0v) is 17.0. The van der Waals surface area contributed by atoms with Crippen molar-refractivity contribution in [3.05, 3.63) is 65.5 Å². The number of carbonyl (C=O) groups excluding carboxylic acids is 1. The van der Waals surface area contributed by atoms with Gasteiger partial charge in [0.1, 0.15) is 5.01 Å². The van der Waals surface area contributed by atoms with Gasteiger partial charge in [0.2, 0.25) is 5.13 Å². The lowest BCUT2D eigenvalue weighted by Crippen LogP contribution is -2.11. The van der Waals surface area contributed by atoms with E-state index in [9.17, 15) is 4.79 Å². The van der Waals surface area contributed by atoms with E-state index in [1.165, 1.54) is 16.9 Å². The van der Waals surface area contributed by atoms with Crippen molar-refractivity contribution in [2.75, 3.05) is 5.32 Å². The Morgan fingerprint density at radius 3 is 2.31 bits per heavy atom. The van der Waals surface area contributed by atoms with Crippen LogP contribution in [0.3, 0.4) is 0 Å². The fourth-order valence-corrected chi connectivity index (χ4v) is 3.49. The van der Waals surface area contributed by atoms with Crippen molar-refractivity contribution >= 4 is 22.4 Å². The Kier molecular flexibility index (Phi) is 5.18. The molecule has 0 radical (unpaired) electrons. The summed E-state index contributed by atoms with van der Waals surface area (Å²) in [5.41, 5.74) is 3.51. The van der Waals surface area contributed by atoms with Crippen LogP contribution in [0.1, 0.15) is 41.5 Å². The maximum atomic E-state index is 12.5. The first-order valence-corrected chi connectivity index (χ1v) is 9.97. The molecule has 0 bridgehead atoms. The highest BCUT2D eigenvalue weighted by Gasteiger charge is 2.13. The fraction of sp³-hybridized carbons (Fsp3) is 0.190. The Bertz CT molecular complexity index is 1130. The molecule has 4 aromatic rings. The van der Waals surface area contributed by atoms with E-state index in [-0.39, 0.29) is 5.91 Å². The summed E-state index contributed by atoms with van der Waals surface area (Å²) in [6, 6.07) is 15.2. The molecular formula is C21H19N5O2S. The SMILES string of the molecule is Cc1noc(-c2ccc(C(=O)Nc3nnc(-c4ccc(C(C)C)cc4)s3)cc2)n1. The smallest absolute Gasteiger partial charge is 0.257 e. The molecule has 2 aromatic carbocycles. The number of aryl methyl sites for hydroxylation is 1. The van der Waals surface area contributed by atoms with Gasteiger partial charge in [-0.3, -0.25) is 10.1 Å². The van der Waals surface area contributed by atoms with Crippen LogP contribution in [0.2, 0.25) is 0 Å². The van der Waals surface area contributed by atoms with Gasteiger partial charge in [-0.25, -0.2) is 0 Å². The molecule has 1 N–H and O–H groups in total. The average molecular weight is 405 g/mol. The minimum atomic E-state index is -0.254. The number of rotatable bonds is 5. The molecule has 0 aliphatic rings. The van der Waals surface area contributed by atoms with Crippen LogP contribution in [0.4, 0.5) is 5.13 Å². The highest BCUT2D eigenvalue weighted by molar-refractivity contribution is 7.18. The normalized spacial score (nSPS) is 11.0. The summed E-state index contributed by atoms with van der Waals surface area (Å²) in [4.78, 5) is 16.7. The van der Waals surface area contributed by atoms with Crippen molar-refractivity contribution in [3.8, 4) is 22.0 Å². The lowest BCUT2D eigenvalue weighted by molar-refractivity contribution is 0.102. The second-order valence-corrected chi connectivity index (χ2v) is 7.84. The lowest BCUT2D eigenvalue weighted by atomic mass is 10.0. The molecule has 146 valence electrons. The van der Waals surface area contributed by atoms with Gasteiger partial charge in [0.05, 0.1) is 0 Å². The number of benzene rings is 2. The molecule has 0 atom stereocenters. The van der Waals surface area contributed by atoms with Crippen molar-refractivity contribution in [2.24, 2.45) is 0 Å². The number of hydrogen-bond acceptors (Lipinski definition) is 7. The predicted molar refractivity (Wildman–Crippen MR) is 112 cm³/mol. The maximum absolute atomic E-state index is 12.5. The molecule has 0 unspecified atom stereocenters. The number of nitrogens with one attached hydrogen (secondary N) is 1. The molecule has 2 aromatic heterocycles. The van der Waals surface area contributed by atoms with Gasteiger partial charge in [-0.15, -0.1) is 10.2 Å². The van der Waals surface area contributed by atoms with Crippen molar-refractivity contribution in [2.45, 2.75) is 26.7 Å². The monoisotopic (exact) mass is 405 g/mol. The van der Waals surface area contributed by atoms with Gasteiger partial charge in [0.25, 0.3) is 11.8 Å². The van der Waals surface area contributed by atoms with Crippen LogP contribution in [0.25, 0.3) is 22.0 Å². The first kappa shape index (κ1) is 18.9. The molecule has 0 saturated carbocycles. The highest BCUT2D eigenvalue weighted by atomic mass is 32.1. The highest BCUT2D eigenvalue weighted by Crippen LogP contribution is 2.28. The van der Waals surface area contributed by atoms with Crippen LogP contribution < -0.4 is 5.32 Å². The van der Waals surface area contributed by atoms with Crippen molar-refractivity contribution in [1.82, 2.24) is 20.3 Å². The van der Waals surface area contributed by atoms with Crippen LogP contribution in [-0.2, 0) is 0 Å². The summed E-state index contributed by atoms with van der Waals surface area (Å²) in [5.74, 6) is 1.21. The van der Waals surface area contributed by atoms with E-state index in [0.717, 1.165) is 16.1 Å². The third-order valence-corrected chi connectivity index (χ3v) is 5.28. The maximum Gasteiger partial charge on any atom is 0.257 e. The molecule has 29 heavy (non-hydrogen) atoms. The Morgan fingerprint density at radius 1 is 1.00 bits per heavy atom. The lowest BCUT2D eigenvalue weighted by Gasteiger charge is -2.04. The van der Waals surface area contributed by atoms with Gasteiger partial charge in [0.15, 0.2) is 5.82 Å². The minimum absolute atomic E-state index is 0.254. The Morgan fingerprint density at radius 2 is 1.69 bits per heavy atom. The van der Waals surface area contributed by atoms with Crippen LogP contribution in [0.15, 0.2) is 53.1 Å². The third kappa shape index (κ3) is 4.22. The molecule has 8 heteroatoms. The second-order valence-electron chi connectivity index (χ2n) is 6.87. The Labute approximate surface area is 171 Å². The molecule has 0 saturated heterocycles. The quantitative estimate of drug-likeness (QED) is 0.505. The molecule has 2 heterocycles. The predicted octanol–water partition coefficient (Wildman–Crippen LogP) is 4.94. The molecule has 1 amide bonds. The summed E-state index contributed by atoms with van der Waals surface area (Å²) in [6.45, 7) is 6.07. The first-order valence-electron chi connectivity index (χ1n) is 9.15. The number of hydrogen-bond donors (Lipinski definition) is 1. The zero-order chi connectivity index (χ0) is 20.4. The molecular weight excluding hydrogens is 386 g/mol. The number of anilines is 1. The number of carbonyl (C=O) groups is 1. The van der Waals surface area contributed by atoms with Gasteiger partial charge >= 0.3 is 0 Å². The topological polar surface area (TPSA) is 93.8 Å². The second kappa shape index (κ2) is 7.92. The van der Waals surface area contributed by atoms with E-state index in [1.807, 2.05) is 12.1 Å². The average Bonchev–Trinajstić information content (AvgIpc) is 3.37. The molecule has 0 fully saturated rings. The van der Waals surface area contributed by atoms with Gasteiger partial charge in [-0.2, -0.15) is 4.98 Å². The van der Waals surface area contributed by atoms with Gasteiger partial charge in [-0.1, -0.05) is 54.6 Å². The minimum Gasteiger partial charge on any atom is -0.334 e. The summed E-state index contributed by atoms with van der Waals surface area (Å²) in [5, 5.41) is 16.1. The molecule has 4 rings (SSSR count). The summed E-state index contributed by atoms with van der Waals surface area (Å²) in [7, 11) is 0. The molecule has 0 aliphatic heterocycles. The number of amides is 1. The molecule has 0 aliphatic carbocycles. The van der Waals surface area contributed by atoms with Gasteiger partial charge < -0.3 is 4.52 Å². The third-order valence-electron chi connectivity index (χ3n) is 4.39. The summed E-state index contributed by atoms with van der Waals surface area (Å²) < 4.78 is 5.13. The largest absolute Gasteiger partial charge is 0.334 e. The fourth-order valence-electron chi connectivity index (χ4n) is 2.75. The van der Waals surface area contributed by atoms with Gasteiger partial charge in [0, 0.05) is 16.7 Å². The number of aromatic nitrogens is 4. The van der Waals surface area contributed by atoms with Crippen molar-refractivity contribution in [3.63, 3.8) is 0 Å². The van der Waals surface area contributed by atoms with Crippen LogP contribution >= 0.6 is 11.3 Å². The van der Waals surface area contributed by atoms with E-state index >= 15 is 0 Å². The first-order chi connectivity index (χ1) is 14.0. The zero-order valence-electron chi connectivity index (χ0n) is 16.2. The van der Waals surface area contributed by atoms with Gasteiger partial charge in [-0.05, 0) is 42.7 Å². The Hall–Kier alpha value is -3.39. The van der Waals surface area contributed by atoms with E-state index in [2.05, 4.69) is 51.6 Å². The van der Waals surface area contributed by atoms with E-state index < -0.39 is 0 Å². The summed E-state index contributed by atoms with van der Waals surface area (Å²) in [6.07, 6.45) is 0. The van der Waals surface area contributed by atoms with Crippen LogP contribution in [-0.4, -0.2) is 26.2 Å². The van der Waals surface area contributed by atoms with E-state index in [1.54, 1.807) is 31.2 Å². The molecule has 7 nitrogen and oxygen atoms in total. The van der Waals surface area contributed by atoms with Crippen LogP contribution in [0, 0.1) is 6.92 Å². The summed E-state index contributed by atoms with van der Waals surface area (Å²) >= 11 is 1.34. The van der Waals surface area contributed by atoms with E-state index in [4.69, 9.17) is 4.52 Å².